The highest BCUT2D eigenvalue weighted by molar-refractivity contribution is 5.99. The third kappa shape index (κ3) is 4.91. The van der Waals surface area contributed by atoms with E-state index >= 15 is 0 Å². The van der Waals surface area contributed by atoms with Crippen molar-refractivity contribution in [3.8, 4) is 0 Å². The molecular weight excluding hydrogens is 446 g/mol. The number of amides is 2. The number of ether oxygens (including phenoxy) is 3. The molecule has 2 aromatic rings. The second-order valence-electron chi connectivity index (χ2n) is 9.16. The zero-order valence-electron chi connectivity index (χ0n) is 20.2. The summed E-state index contributed by atoms with van der Waals surface area (Å²) in [6.07, 6.45) is 1.91. The van der Waals surface area contributed by atoms with Crippen LogP contribution in [0.2, 0.25) is 0 Å². The number of anilines is 1. The van der Waals surface area contributed by atoms with Crippen LogP contribution in [0.1, 0.15) is 58.6 Å². The minimum Gasteiger partial charge on any atom is -0.382 e. The van der Waals surface area contributed by atoms with E-state index in [-0.39, 0.29) is 18.0 Å². The Kier molecular flexibility index (Phi) is 7.04. The molecule has 2 fully saturated rings. The summed E-state index contributed by atoms with van der Waals surface area (Å²) < 4.78 is 17.0. The van der Waals surface area contributed by atoms with Gasteiger partial charge in [0.25, 0.3) is 11.8 Å². The van der Waals surface area contributed by atoms with Gasteiger partial charge in [0.2, 0.25) is 0 Å². The Morgan fingerprint density at radius 1 is 1.09 bits per heavy atom. The topological polar surface area (TPSA) is 80.3 Å². The van der Waals surface area contributed by atoms with Gasteiger partial charge < -0.3 is 29.3 Å². The van der Waals surface area contributed by atoms with Crippen molar-refractivity contribution in [2.24, 2.45) is 0 Å². The van der Waals surface area contributed by atoms with Crippen molar-refractivity contribution in [1.29, 1.82) is 0 Å². The Morgan fingerprint density at radius 2 is 1.80 bits per heavy atom. The molecule has 3 aliphatic heterocycles. The molecule has 0 aromatic heterocycles. The van der Waals surface area contributed by atoms with Crippen LogP contribution in [0.5, 0.6) is 0 Å². The molecule has 186 valence electrons. The van der Waals surface area contributed by atoms with Gasteiger partial charge in [0.15, 0.2) is 5.79 Å². The van der Waals surface area contributed by atoms with Crippen LogP contribution in [0.3, 0.4) is 0 Å². The SMILES string of the molecule is CCOCCCN1C(=O)c2ccccc2C1Nc1ccc(C(=O)N2CCC3(CC2)OCCO3)cc1. The van der Waals surface area contributed by atoms with E-state index < -0.39 is 5.79 Å². The van der Waals surface area contributed by atoms with Crippen LogP contribution < -0.4 is 5.32 Å². The lowest BCUT2D eigenvalue weighted by Gasteiger charge is -2.37. The highest BCUT2D eigenvalue weighted by atomic mass is 16.7. The maximum Gasteiger partial charge on any atom is 0.256 e. The van der Waals surface area contributed by atoms with Gasteiger partial charge in [-0.05, 0) is 43.7 Å². The summed E-state index contributed by atoms with van der Waals surface area (Å²) in [4.78, 5) is 29.8. The normalized spacial score (nSPS) is 20.9. The van der Waals surface area contributed by atoms with Crippen molar-refractivity contribution < 1.29 is 23.8 Å². The number of hydrogen-bond acceptors (Lipinski definition) is 6. The fourth-order valence-electron chi connectivity index (χ4n) is 5.12. The third-order valence-electron chi connectivity index (χ3n) is 7.01. The Labute approximate surface area is 206 Å². The predicted molar refractivity (Wildman–Crippen MR) is 131 cm³/mol. The van der Waals surface area contributed by atoms with E-state index in [0.717, 1.165) is 23.2 Å². The minimum atomic E-state index is -0.492. The van der Waals surface area contributed by atoms with Crippen LogP contribution in [-0.2, 0) is 14.2 Å². The molecule has 1 N–H and O–H groups in total. The van der Waals surface area contributed by atoms with Crippen LogP contribution >= 0.6 is 0 Å². The highest BCUT2D eigenvalue weighted by Crippen LogP contribution is 2.35. The number of likely N-dealkylation sites (tertiary alicyclic amines) is 1. The second-order valence-corrected chi connectivity index (χ2v) is 9.16. The Morgan fingerprint density at radius 3 is 2.51 bits per heavy atom. The van der Waals surface area contributed by atoms with Gasteiger partial charge in [-0.1, -0.05) is 18.2 Å². The zero-order valence-corrected chi connectivity index (χ0v) is 20.2. The summed E-state index contributed by atoms with van der Waals surface area (Å²) in [5.74, 6) is -0.448. The molecule has 5 rings (SSSR count). The largest absolute Gasteiger partial charge is 0.382 e. The molecule has 3 aliphatic rings. The quantitative estimate of drug-likeness (QED) is 0.582. The van der Waals surface area contributed by atoms with Crippen LogP contribution in [0.15, 0.2) is 48.5 Å². The Bertz CT molecular complexity index is 1040. The lowest BCUT2D eigenvalue weighted by molar-refractivity contribution is -0.181. The number of carbonyl (C=O) groups is 2. The van der Waals surface area contributed by atoms with Crippen LogP contribution in [-0.4, -0.2) is 73.5 Å². The fraction of sp³-hybridized carbons (Fsp3) is 0.481. The number of fused-ring (bicyclic) bond motifs is 1. The molecule has 1 atom stereocenters. The van der Waals surface area contributed by atoms with Gasteiger partial charge in [-0.2, -0.15) is 0 Å². The monoisotopic (exact) mass is 479 g/mol. The summed E-state index contributed by atoms with van der Waals surface area (Å²) in [5.41, 5.74) is 3.20. The number of nitrogens with one attached hydrogen (secondary N) is 1. The van der Waals surface area contributed by atoms with Gasteiger partial charge in [0.1, 0.15) is 6.17 Å². The maximum absolute atomic E-state index is 13.0. The third-order valence-corrected chi connectivity index (χ3v) is 7.01. The molecule has 35 heavy (non-hydrogen) atoms. The number of piperidine rings is 1. The summed E-state index contributed by atoms with van der Waals surface area (Å²) in [6.45, 7) is 6.36. The lowest BCUT2D eigenvalue weighted by atomic mass is 10.0. The average molecular weight is 480 g/mol. The fourth-order valence-corrected chi connectivity index (χ4v) is 5.12. The van der Waals surface area contributed by atoms with E-state index in [9.17, 15) is 9.59 Å². The highest BCUT2D eigenvalue weighted by Gasteiger charge is 2.41. The van der Waals surface area contributed by atoms with Crippen molar-refractivity contribution in [2.45, 2.75) is 38.1 Å². The molecule has 8 heteroatoms. The Balaban J connectivity index is 1.24. The van der Waals surface area contributed by atoms with Gasteiger partial charge in [0, 0.05) is 68.1 Å². The Hall–Kier alpha value is -2.94. The van der Waals surface area contributed by atoms with Crippen molar-refractivity contribution in [3.05, 3.63) is 65.2 Å². The molecule has 2 aromatic carbocycles. The molecular formula is C27H33N3O5. The van der Waals surface area contributed by atoms with Crippen molar-refractivity contribution >= 4 is 17.5 Å². The van der Waals surface area contributed by atoms with E-state index in [1.54, 1.807) is 0 Å². The van der Waals surface area contributed by atoms with Crippen molar-refractivity contribution in [3.63, 3.8) is 0 Å². The number of benzene rings is 2. The van der Waals surface area contributed by atoms with Gasteiger partial charge in [-0.3, -0.25) is 9.59 Å². The van der Waals surface area contributed by atoms with Crippen molar-refractivity contribution in [2.75, 3.05) is 51.4 Å². The van der Waals surface area contributed by atoms with Crippen LogP contribution in [0.4, 0.5) is 5.69 Å². The van der Waals surface area contributed by atoms with Crippen LogP contribution in [0.25, 0.3) is 0 Å². The van der Waals surface area contributed by atoms with Gasteiger partial charge in [0.05, 0.1) is 13.2 Å². The zero-order chi connectivity index (χ0) is 24.3. The average Bonchev–Trinajstić information content (AvgIpc) is 3.45. The van der Waals surface area contributed by atoms with Crippen molar-refractivity contribution in [1.82, 2.24) is 9.80 Å². The van der Waals surface area contributed by atoms with E-state index in [4.69, 9.17) is 14.2 Å². The summed E-state index contributed by atoms with van der Waals surface area (Å²) in [5, 5.41) is 3.50. The molecule has 1 spiro atoms. The molecule has 0 bridgehead atoms. The van der Waals surface area contributed by atoms with E-state index in [1.807, 2.05) is 65.3 Å². The molecule has 3 heterocycles. The van der Waals surface area contributed by atoms with E-state index in [1.165, 1.54) is 0 Å². The first-order valence-corrected chi connectivity index (χ1v) is 12.5. The predicted octanol–water partition coefficient (Wildman–Crippen LogP) is 3.66. The summed E-state index contributed by atoms with van der Waals surface area (Å²) in [7, 11) is 0. The van der Waals surface area contributed by atoms with Crippen LogP contribution in [0, 0.1) is 0 Å². The number of carbonyl (C=O) groups excluding carboxylic acids is 2. The molecule has 0 radical (unpaired) electrons. The summed E-state index contributed by atoms with van der Waals surface area (Å²) in [6, 6.07) is 15.2. The molecule has 1 unspecified atom stereocenters. The standard InChI is InChI=1S/C27H33N3O5/c1-2-33-17-5-14-30-24(22-6-3-4-7-23(22)26(30)32)28-21-10-8-20(9-11-21)25(31)29-15-12-27(13-16-29)34-18-19-35-27/h3-4,6-11,24,28H,2,5,12-19H2,1H3. The lowest BCUT2D eigenvalue weighted by Crippen LogP contribution is -2.47. The van der Waals surface area contributed by atoms with Gasteiger partial charge >= 0.3 is 0 Å². The number of rotatable bonds is 8. The maximum atomic E-state index is 13.0. The minimum absolute atomic E-state index is 0.0170. The summed E-state index contributed by atoms with van der Waals surface area (Å²) >= 11 is 0. The number of nitrogens with zero attached hydrogens (tertiary/aromatic N) is 2. The van der Waals surface area contributed by atoms with E-state index in [0.29, 0.717) is 64.5 Å². The molecule has 8 nitrogen and oxygen atoms in total. The van der Waals surface area contributed by atoms with E-state index in [2.05, 4.69) is 5.32 Å². The molecule has 2 amide bonds. The first kappa shape index (κ1) is 23.8. The smallest absolute Gasteiger partial charge is 0.256 e. The van der Waals surface area contributed by atoms with Gasteiger partial charge in [-0.25, -0.2) is 0 Å². The molecule has 2 saturated heterocycles. The first-order chi connectivity index (χ1) is 17.1. The first-order valence-electron chi connectivity index (χ1n) is 12.5. The van der Waals surface area contributed by atoms with Gasteiger partial charge in [-0.15, -0.1) is 0 Å². The molecule has 0 aliphatic carbocycles. The molecule has 0 saturated carbocycles. The number of hydrogen-bond donors (Lipinski definition) is 1. The second kappa shape index (κ2) is 10.4.